The van der Waals surface area contributed by atoms with E-state index in [-0.39, 0.29) is 36.4 Å². The molecular weight excluding hydrogens is 546 g/mol. The number of ketones is 2. The summed E-state index contributed by atoms with van der Waals surface area (Å²) in [6, 6.07) is 0. The van der Waals surface area contributed by atoms with E-state index in [0.29, 0.717) is 30.7 Å². The summed E-state index contributed by atoms with van der Waals surface area (Å²) in [5.74, 6) is -1.79. The second kappa shape index (κ2) is 12.0. The van der Waals surface area contributed by atoms with Crippen molar-refractivity contribution >= 4 is 29.5 Å². The van der Waals surface area contributed by atoms with Crippen molar-refractivity contribution in [2.45, 2.75) is 109 Å². The van der Waals surface area contributed by atoms with Crippen LogP contribution < -0.4 is 0 Å². The highest BCUT2D eigenvalue weighted by molar-refractivity contribution is 6.01. The molecule has 5 fully saturated rings. The fourth-order valence-corrected chi connectivity index (χ4v) is 8.19. The first-order valence-electron chi connectivity index (χ1n) is 15.2. The Morgan fingerprint density at radius 1 is 1.12 bits per heavy atom. The zero-order valence-corrected chi connectivity index (χ0v) is 24.5. The first-order chi connectivity index (χ1) is 20.0. The third-order valence-corrected chi connectivity index (χ3v) is 10.0. The summed E-state index contributed by atoms with van der Waals surface area (Å²) in [4.78, 5) is 67.1. The first kappa shape index (κ1) is 30.6. The van der Waals surface area contributed by atoms with Crippen molar-refractivity contribution in [2.24, 2.45) is 23.2 Å². The number of aliphatic hydroxyl groups is 1. The van der Waals surface area contributed by atoms with Gasteiger partial charge < -0.3 is 19.3 Å². The number of ether oxygens (including phenoxy) is 3. The highest BCUT2D eigenvalue weighted by Crippen LogP contribution is 2.67. The van der Waals surface area contributed by atoms with Crippen LogP contribution in [0.5, 0.6) is 0 Å². The minimum absolute atomic E-state index is 0.00598. The van der Waals surface area contributed by atoms with Gasteiger partial charge in [0.15, 0.2) is 24.3 Å². The van der Waals surface area contributed by atoms with Crippen LogP contribution in [0.3, 0.4) is 0 Å². The number of imide groups is 1. The number of hydroxylamine groups is 2. The van der Waals surface area contributed by atoms with Crippen LogP contribution in [-0.4, -0.2) is 70.4 Å². The Labute approximate surface area is 245 Å². The van der Waals surface area contributed by atoms with Crippen LogP contribution in [0.15, 0.2) is 23.8 Å². The lowest BCUT2D eigenvalue weighted by Gasteiger charge is -2.55. The van der Waals surface area contributed by atoms with Gasteiger partial charge in [0, 0.05) is 18.3 Å². The number of aliphatic hydroxyl groups excluding tert-OH is 1. The maximum Gasteiger partial charge on any atom is 0.534 e. The Balaban J connectivity index is 1.35. The molecule has 11 nitrogen and oxygen atoms in total. The van der Waals surface area contributed by atoms with Crippen LogP contribution in [0.25, 0.3) is 0 Å². The van der Waals surface area contributed by atoms with Gasteiger partial charge in [0.25, 0.3) is 11.8 Å². The lowest BCUT2D eigenvalue weighted by Crippen LogP contribution is -2.62. The van der Waals surface area contributed by atoms with Gasteiger partial charge in [-0.2, -0.15) is 0 Å². The number of carbonyl (C=O) groups is 5. The van der Waals surface area contributed by atoms with Crippen molar-refractivity contribution in [2.75, 3.05) is 6.61 Å². The number of carbonyl (C=O) groups excluding carboxylic acids is 5. The second-order valence-electron chi connectivity index (χ2n) is 12.4. The molecule has 3 saturated carbocycles. The van der Waals surface area contributed by atoms with Gasteiger partial charge in [0.1, 0.15) is 0 Å². The average molecular weight is 588 g/mol. The normalized spacial score (nSPS) is 38.5. The van der Waals surface area contributed by atoms with Gasteiger partial charge in [-0.15, -0.1) is 0 Å². The van der Waals surface area contributed by atoms with E-state index in [9.17, 15) is 29.1 Å². The molecule has 42 heavy (non-hydrogen) atoms. The molecule has 0 aromatic rings. The molecule has 1 N–H and O–H groups in total. The fourth-order valence-electron chi connectivity index (χ4n) is 8.19. The zero-order valence-electron chi connectivity index (χ0n) is 24.5. The Morgan fingerprint density at radius 2 is 1.86 bits per heavy atom. The zero-order chi connectivity index (χ0) is 30.2. The highest BCUT2D eigenvalue weighted by Gasteiger charge is 2.74. The van der Waals surface area contributed by atoms with E-state index in [4.69, 9.17) is 19.0 Å². The summed E-state index contributed by atoms with van der Waals surface area (Å²) >= 11 is 0. The van der Waals surface area contributed by atoms with Gasteiger partial charge in [-0.25, -0.2) is 4.79 Å². The second-order valence-corrected chi connectivity index (χ2v) is 12.4. The number of nitrogens with zero attached hydrogens (tertiary/aromatic N) is 1. The predicted molar refractivity (Wildman–Crippen MR) is 146 cm³/mol. The van der Waals surface area contributed by atoms with Gasteiger partial charge in [-0.1, -0.05) is 43.9 Å². The standard InChI is InChI=1S/C31H41NO10/c1-4-6-8-19(33)13-18-9-10-20-21(14-18)23(34)16-30(3)22(20)15-25-31(30,41-28(40-25)7-5-2)24(35)17-39-29(38)42-32-26(36)11-12-27(32)37/h6,8,13,20-23,25,28,34H,4-5,7,9-12,14-17H2,1-3H3/b8-6-,18-13-/t20-,21-,22+,23+,25-,28?,30+,31-/m1/s1. The van der Waals surface area contributed by atoms with Crippen molar-refractivity contribution in [3.63, 3.8) is 0 Å². The van der Waals surface area contributed by atoms with Gasteiger partial charge in [-0.3, -0.25) is 24.0 Å². The molecule has 2 amide bonds. The molecular formula is C31H41NO10. The molecule has 0 radical (unpaired) electrons. The summed E-state index contributed by atoms with van der Waals surface area (Å²) in [6.45, 7) is 5.24. The van der Waals surface area contributed by atoms with Gasteiger partial charge in [0.2, 0.25) is 5.78 Å². The Hall–Kier alpha value is -2.89. The Morgan fingerprint density at radius 3 is 2.55 bits per heavy atom. The molecule has 2 saturated heterocycles. The maximum atomic E-state index is 14.0. The number of allylic oxidation sites excluding steroid dienone is 4. The van der Waals surface area contributed by atoms with Crippen molar-refractivity contribution in [1.29, 1.82) is 0 Å². The van der Waals surface area contributed by atoms with Crippen molar-refractivity contribution in [3.05, 3.63) is 23.8 Å². The number of fused-ring (bicyclic) bond motifs is 5. The molecule has 0 bridgehead atoms. The Kier molecular flexibility index (Phi) is 8.74. The molecule has 0 aromatic carbocycles. The van der Waals surface area contributed by atoms with Crippen LogP contribution in [0, 0.1) is 23.2 Å². The summed E-state index contributed by atoms with van der Waals surface area (Å²) < 4.78 is 17.9. The van der Waals surface area contributed by atoms with Crippen molar-refractivity contribution < 1.29 is 48.1 Å². The molecule has 8 atom stereocenters. The van der Waals surface area contributed by atoms with Crippen molar-refractivity contribution in [1.82, 2.24) is 5.06 Å². The molecule has 5 aliphatic rings. The molecule has 0 aromatic heterocycles. The van der Waals surface area contributed by atoms with Crippen LogP contribution in [0.2, 0.25) is 0 Å². The number of rotatable bonds is 9. The van der Waals surface area contributed by atoms with Gasteiger partial charge in [-0.05, 0) is 74.9 Å². The summed E-state index contributed by atoms with van der Waals surface area (Å²) in [5, 5.41) is 11.9. The largest absolute Gasteiger partial charge is 0.534 e. The molecule has 2 aliphatic heterocycles. The molecule has 2 heterocycles. The summed E-state index contributed by atoms with van der Waals surface area (Å²) in [5.41, 5.74) is -1.21. The smallest absolute Gasteiger partial charge is 0.425 e. The van der Waals surface area contributed by atoms with E-state index < -0.39 is 59.9 Å². The topological polar surface area (TPSA) is 146 Å². The lowest BCUT2D eigenvalue weighted by molar-refractivity contribution is -0.196. The molecule has 0 spiro atoms. The van der Waals surface area contributed by atoms with Crippen molar-refractivity contribution in [3.8, 4) is 0 Å². The average Bonchev–Trinajstić information content (AvgIpc) is 3.56. The molecule has 3 aliphatic carbocycles. The molecule has 5 rings (SSSR count). The van der Waals surface area contributed by atoms with Gasteiger partial charge in [0.05, 0.1) is 12.2 Å². The van der Waals surface area contributed by atoms with Crippen LogP contribution in [0.4, 0.5) is 4.79 Å². The third kappa shape index (κ3) is 5.24. The lowest BCUT2D eigenvalue weighted by atomic mass is 9.52. The summed E-state index contributed by atoms with van der Waals surface area (Å²) in [6.07, 6.45) is 6.88. The SMILES string of the molecule is CC/C=C\C(=O)/C=C1/CC[C@@H]2[C@@H](C1)[C@@H](O)C[C@@]1(C)[C@H]2C[C@H]2OC(CCC)O[C@]21C(=O)COC(=O)ON1C(=O)CCC1=O. The predicted octanol–water partition coefficient (Wildman–Crippen LogP) is 3.72. The molecule has 230 valence electrons. The number of hydrogen-bond acceptors (Lipinski definition) is 10. The number of hydrogen-bond donors (Lipinski definition) is 1. The number of Topliss-reactive ketones (excluding diaryl/α,β-unsaturated/α-hetero) is 1. The highest BCUT2D eigenvalue weighted by atomic mass is 16.8. The van der Waals surface area contributed by atoms with Gasteiger partial charge >= 0.3 is 6.16 Å². The minimum Gasteiger partial charge on any atom is -0.425 e. The fraction of sp³-hybridized carbons (Fsp3) is 0.710. The maximum absolute atomic E-state index is 14.0. The van der Waals surface area contributed by atoms with E-state index in [2.05, 4.69) is 0 Å². The van der Waals surface area contributed by atoms with E-state index in [1.54, 1.807) is 12.2 Å². The van der Waals surface area contributed by atoms with E-state index in [1.165, 1.54) is 0 Å². The molecule has 11 heteroatoms. The monoisotopic (exact) mass is 587 g/mol. The Bertz CT molecular complexity index is 1180. The number of amides is 2. The third-order valence-electron chi connectivity index (χ3n) is 10.0. The van der Waals surface area contributed by atoms with Crippen LogP contribution >= 0.6 is 0 Å². The molecule has 1 unspecified atom stereocenters. The minimum atomic E-state index is -1.44. The van der Waals surface area contributed by atoms with E-state index in [1.807, 2.05) is 26.8 Å². The van der Waals surface area contributed by atoms with E-state index in [0.717, 1.165) is 31.3 Å². The first-order valence-corrected chi connectivity index (χ1v) is 15.2. The summed E-state index contributed by atoms with van der Waals surface area (Å²) in [7, 11) is 0. The van der Waals surface area contributed by atoms with E-state index >= 15 is 0 Å². The quantitative estimate of drug-likeness (QED) is 0.241. The van der Waals surface area contributed by atoms with Crippen LogP contribution in [-0.2, 0) is 38.2 Å². The van der Waals surface area contributed by atoms with Crippen LogP contribution in [0.1, 0.15) is 85.0 Å².